The summed E-state index contributed by atoms with van der Waals surface area (Å²) in [6.07, 6.45) is 3.34. The second kappa shape index (κ2) is 8.05. The molecule has 0 saturated carbocycles. The molecule has 0 N–H and O–H groups in total. The fraction of sp³-hybridized carbons (Fsp3) is 0.316. The Kier molecular flexibility index (Phi) is 5.36. The fourth-order valence-electron chi connectivity index (χ4n) is 3.03. The summed E-state index contributed by atoms with van der Waals surface area (Å²) in [5.74, 6) is 0.622. The molecule has 1 fully saturated rings. The number of benzene rings is 1. The van der Waals surface area contributed by atoms with Crippen molar-refractivity contribution in [1.29, 1.82) is 0 Å². The molecule has 1 atom stereocenters. The molecule has 1 saturated heterocycles. The van der Waals surface area contributed by atoms with E-state index in [1.54, 1.807) is 11.3 Å². The molecular formula is C19H19N3O2S2. The standard InChI is InChI=1S/C19H19N3O2S2/c23-18(22-11-5-2-6-12-22)16(14-8-3-1-4-9-14)26-19-21-20-17(24-19)15-10-7-13-25-15/h1,3-4,7-10,13,16H,2,5-6,11-12H2. The predicted molar refractivity (Wildman–Crippen MR) is 103 cm³/mol. The number of likely N-dealkylation sites (tertiary alicyclic amines) is 1. The minimum Gasteiger partial charge on any atom is -0.410 e. The SMILES string of the molecule is O=C(C(Sc1nnc(-c2cccs2)o1)c1ccccc1)N1CCCCC1. The van der Waals surface area contributed by atoms with E-state index in [-0.39, 0.29) is 11.2 Å². The van der Waals surface area contributed by atoms with E-state index in [0.29, 0.717) is 11.1 Å². The number of rotatable bonds is 5. The van der Waals surface area contributed by atoms with Crippen molar-refractivity contribution in [2.24, 2.45) is 0 Å². The third kappa shape index (κ3) is 3.83. The molecule has 3 aromatic rings. The van der Waals surface area contributed by atoms with Gasteiger partial charge in [-0.05, 0) is 48.0 Å². The molecule has 134 valence electrons. The monoisotopic (exact) mass is 385 g/mol. The molecule has 4 rings (SSSR count). The molecule has 0 spiro atoms. The number of thioether (sulfide) groups is 1. The van der Waals surface area contributed by atoms with Crippen molar-refractivity contribution in [3.05, 3.63) is 53.4 Å². The molecule has 0 radical (unpaired) electrons. The van der Waals surface area contributed by atoms with Crippen molar-refractivity contribution < 1.29 is 9.21 Å². The van der Waals surface area contributed by atoms with Crippen molar-refractivity contribution in [2.45, 2.75) is 29.7 Å². The molecule has 1 aliphatic heterocycles. The molecule has 0 aliphatic carbocycles. The Morgan fingerprint density at radius 1 is 1.08 bits per heavy atom. The Balaban J connectivity index is 1.58. The highest BCUT2D eigenvalue weighted by atomic mass is 32.2. The van der Waals surface area contributed by atoms with Gasteiger partial charge in [0.1, 0.15) is 5.25 Å². The molecule has 5 nitrogen and oxygen atoms in total. The lowest BCUT2D eigenvalue weighted by Gasteiger charge is -2.29. The van der Waals surface area contributed by atoms with Gasteiger partial charge in [-0.15, -0.1) is 21.5 Å². The molecule has 0 bridgehead atoms. The van der Waals surface area contributed by atoms with E-state index in [2.05, 4.69) is 10.2 Å². The van der Waals surface area contributed by atoms with Gasteiger partial charge in [0.05, 0.1) is 4.88 Å². The Morgan fingerprint density at radius 2 is 1.88 bits per heavy atom. The van der Waals surface area contributed by atoms with Gasteiger partial charge in [0.25, 0.3) is 11.1 Å². The summed E-state index contributed by atoms with van der Waals surface area (Å²) in [6.45, 7) is 1.65. The first-order valence-corrected chi connectivity index (χ1v) is 10.4. The lowest BCUT2D eigenvalue weighted by atomic mass is 10.1. The number of hydrogen-bond donors (Lipinski definition) is 0. The number of aromatic nitrogens is 2. The van der Waals surface area contributed by atoms with E-state index in [1.807, 2.05) is 52.7 Å². The van der Waals surface area contributed by atoms with E-state index < -0.39 is 0 Å². The smallest absolute Gasteiger partial charge is 0.278 e. The number of carbonyl (C=O) groups is 1. The van der Waals surface area contributed by atoms with Gasteiger partial charge in [-0.2, -0.15) is 0 Å². The molecular weight excluding hydrogens is 366 g/mol. The largest absolute Gasteiger partial charge is 0.410 e. The van der Waals surface area contributed by atoms with Crippen LogP contribution in [0.2, 0.25) is 0 Å². The average molecular weight is 386 g/mol. The third-order valence-corrected chi connectivity index (χ3v) is 6.29. The van der Waals surface area contributed by atoms with Crippen LogP contribution in [0.3, 0.4) is 0 Å². The summed E-state index contributed by atoms with van der Waals surface area (Å²) in [7, 11) is 0. The van der Waals surface area contributed by atoms with Gasteiger partial charge < -0.3 is 9.32 Å². The quantitative estimate of drug-likeness (QED) is 0.599. The lowest BCUT2D eigenvalue weighted by molar-refractivity contribution is -0.131. The van der Waals surface area contributed by atoms with Crippen LogP contribution in [0, 0.1) is 0 Å². The number of hydrogen-bond acceptors (Lipinski definition) is 6. The first-order valence-electron chi connectivity index (χ1n) is 8.69. The Morgan fingerprint density at radius 3 is 2.62 bits per heavy atom. The summed E-state index contributed by atoms with van der Waals surface area (Å²) in [5.41, 5.74) is 0.962. The van der Waals surface area contributed by atoms with Crippen LogP contribution in [-0.4, -0.2) is 34.1 Å². The second-order valence-electron chi connectivity index (χ2n) is 6.14. The highest BCUT2D eigenvalue weighted by Crippen LogP contribution is 2.38. The minimum atomic E-state index is -0.370. The van der Waals surface area contributed by atoms with Gasteiger partial charge in [0.2, 0.25) is 5.91 Å². The summed E-state index contributed by atoms with van der Waals surface area (Å²) in [4.78, 5) is 16.1. The number of nitrogens with zero attached hydrogens (tertiary/aromatic N) is 3. The Labute approximate surface area is 160 Å². The summed E-state index contributed by atoms with van der Waals surface area (Å²) in [5, 5.41) is 10.3. The van der Waals surface area contributed by atoms with Crippen LogP contribution < -0.4 is 0 Å². The Bertz CT molecular complexity index is 843. The minimum absolute atomic E-state index is 0.122. The van der Waals surface area contributed by atoms with Gasteiger partial charge in [-0.1, -0.05) is 36.4 Å². The van der Waals surface area contributed by atoms with Crippen molar-refractivity contribution in [1.82, 2.24) is 15.1 Å². The van der Waals surface area contributed by atoms with E-state index in [1.165, 1.54) is 18.2 Å². The molecule has 1 aliphatic rings. The van der Waals surface area contributed by atoms with E-state index in [4.69, 9.17) is 4.42 Å². The summed E-state index contributed by atoms with van der Waals surface area (Å²) < 4.78 is 5.80. The van der Waals surface area contributed by atoms with E-state index in [0.717, 1.165) is 36.4 Å². The number of carbonyl (C=O) groups excluding carboxylic acids is 1. The van der Waals surface area contributed by atoms with Crippen LogP contribution >= 0.6 is 23.1 Å². The van der Waals surface area contributed by atoms with Gasteiger partial charge in [0.15, 0.2) is 0 Å². The van der Waals surface area contributed by atoms with E-state index >= 15 is 0 Å². The molecule has 3 heterocycles. The van der Waals surface area contributed by atoms with Gasteiger partial charge in [-0.3, -0.25) is 4.79 Å². The van der Waals surface area contributed by atoms with Crippen LogP contribution in [0.15, 0.2) is 57.5 Å². The highest BCUT2D eigenvalue weighted by Gasteiger charge is 2.29. The first kappa shape index (κ1) is 17.3. The molecule has 2 aromatic heterocycles. The Hall–Kier alpha value is -2.12. The van der Waals surface area contributed by atoms with Crippen molar-refractivity contribution in [2.75, 3.05) is 13.1 Å². The maximum atomic E-state index is 13.2. The zero-order valence-corrected chi connectivity index (χ0v) is 15.8. The average Bonchev–Trinajstić information content (AvgIpc) is 3.39. The van der Waals surface area contributed by atoms with Crippen molar-refractivity contribution >= 4 is 29.0 Å². The highest BCUT2D eigenvalue weighted by molar-refractivity contribution is 8.00. The van der Waals surface area contributed by atoms with Gasteiger partial charge in [0, 0.05) is 13.1 Å². The third-order valence-electron chi connectivity index (χ3n) is 4.35. The zero-order valence-electron chi connectivity index (χ0n) is 14.2. The normalized spacial score (nSPS) is 15.8. The van der Waals surface area contributed by atoms with Crippen molar-refractivity contribution in [3.63, 3.8) is 0 Å². The first-order chi connectivity index (χ1) is 12.8. The van der Waals surface area contributed by atoms with Crippen LogP contribution in [-0.2, 0) is 4.79 Å². The number of thiophene rings is 1. The summed E-state index contributed by atoms with van der Waals surface area (Å²) >= 11 is 2.89. The maximum Gasteiger partial charge on any atom is 0.278 e. The van der Waals surface area contributed by atoms with Crippen LogP contribution in [0.25, 0.3) is 10.8 Å². The van der Waals surface area contributed by atoms with Crippen molar-refractivity contribution in [3.8, 4) is 10.8 Å². The van der Waals surface area contributed by atoms with Crippen LogP contribution in [0.5, 0.6) is 0 Å². The number of piperidine rings is 1. The van der Waals surface area contributed by atoms with Crippen LogP contribution in [0.1, 0.15) is 30.1 Å². The van der Waals surface area contributed by atoms with Gasteiger partial charge in [-0.25, -0.2) is 0 Å². The van der Waals surface area contributed by atoms with Crippen LogP contribution in [0.4, 0.5) is 0 Å². The predicted octanol–water partition coefficient (Wildman–Crippen LogP) is 4.64. The zero-order chi connectivity index (χ0) is 17.8. The number of amides is 1. The molecule has 1 unspecified atom stereocenters. The molecule has 26 heavy (non-hydrogen) atoms. The molecule has 1 aromatic carbocycles. The second-order valence-corrected chi connectivity index (χ2v) is 8.15. The fourth-order valence-corrected chi connectivity index (χ4v) is 4.63. The maximum absolute atomic E-state index is 13.2. The lowest BCUT2D eigenvalue weighted by Crippen LogP contribution is -2.38. The van der Waals surface area contributed by atoms with E-state index in [9.17, 15) is 4.79 Å². The summed E-state index contributed by atoms with van der Waals surface area (Å²) in [6, 6.07) is 13.7. The molecule has 7 heteroatoms. The topological polar surface area (TPSA) is 59.2 Å². The van der Waals surface area contributed by atoms with Gasteiger partial charge >= 0.3 is 0 Å². The molecule has 1 amide bonds.